The quantitative estimate of drug-likeness (QED) is 0.385. The molecule has 0 amide bonds. The maximum absolute atomic E-state index is 9.85. The molecule has 0 radical (unpaired) electrons. The van der Waals surface area contributed by atoms with Gasteiger partial charge in [-0.05, 0) is 0 Å². The Morgan fingerprint density at radius 1 is 1.40 bits per heavy atom. The Bertz CT molecular complexity index is 137. The minimum atomic E-state index is -1.29. The van der Waals surface area contributed by atoms with Crippen LogP contribution in [0.5, 0.6) is 0 Å². The number of carboxylic acids is 2. The zero-order chi connectivity index (χ0) is 7.44. The van der Waals surface area contributed by atoms with Crippen LogP contribution in [0, 0.1) is 0 Å². The van der Waals surface area contributed by atoms with Gasteiger partial charge >= 0.3 is 11.9 Å². The highest BCUT2D eigenvalue weighted by molar-refractivity contribution is 5.85. The van der Waals surface area contributed by atoms with Crippen LogP contribution >= 0.6 is 12.4 Å². The number of rotatable bonds is 3. The zero-order valence-electron chi connectivity index (χ0n) is 4.98. The normalized spacial score (nSPS) is 11.3. The van der Waals surface area contributed by atoms with E-state index in [1.54, 1.807) is 0 Å². The molecule has 5 nitrogen and oxygen atoms in total. The lowest BCUT2D eigenvalue weighted by atomic mass is 10.3. The summed E-state index contributed by atoms with van der Waals surface area (Å²) in [6, 6.07) is -1.29. The molecule has 0 aliphatic carbocycles. The maximum atomic E-state index is 9.85. The molecule has 0 aliphatic rings. The zero-order valence-corrected chi connectivity index (χ0v) is 5.80. The highest BCUT2D eigenvalue weighted by Gasteiger charge is 2.14. The predicted octanol–water partition coefficient (Wildman–Crippen LogP) is -0.705. The molecule has 0 fully saturated rings. The van der Waals surface area contributed by atoms with E-state index in [1.807, 2.05) is 0 Å². The molecule has 0 saturated carbocycles. The van der Waals surface area contributed by atoms with Gasteiger partial charge in [0, 0.05) is 0 Å². The average Bonchev–Trinajstić information content (AvgIpc) is 1.63. The molecule has 0 aromatic rings. The summed E-state index contributed by atoms with van der Waals surface area (Å²) < 4.78 is 0. The summed E-state index contributed by atoms with van der Waals surface area (Å²) in [6.07, 6.45) is -0.532. The summed E-state index contributed by atoms with van der Waals surface area (Å²) in [4.78, 5) is 19.6. The van der Waals surface area contributed by atoms with Gasteiger partial charge in [-0.3, -0.25) is 9.59 Å². The Labute approximate surface area is 63.2 Å². The highest BCUT2D eigenvalue weighted by Crippen LogP contribution is 1.86. The summed E-state index contributed by atoms with van der Waals surface area (Å²) in [6.45, 7) is 0. The van der Waals surface area contributed by atoms with Gasteiger partial charge in [-0.1, -0.05) is 0 Å². The molecule has 0 aromatic heterocycles. The molecule has 0 rings (SSSR count). The van der Waals surface area contributed by atoms with Crippen molar-refractivity contribution >= 4 is 24.3 Å². The van der Waals surface area contributed by atoms with Crippen LogP contribution in [0.15, 0.2) is 0 Å². The summed E-state index contributed by atoms with van der Waals surface area (Å²) in [7, 11) is 0. The molecular weight excluding hydrogens is 163 g/mol. The highest BCUT2D eigenvalue weighted by atomic mass is 35.5. The van der Waals surface area contributed by atoms with Crippen molar-refractivity contribution < 1.29 is 19.8 Å². The minimum Gasteiger partial charge on any atom is -0.481 e. The molecular formula is C4H8ClNO4. The van der Waals surface area contributed by atoms with Crippen molar-refractivity contribution in [2.45, 2.75) is 12.5 Å². The number of carbonyl (C=O) groups is 2. The van der Waals surface area contributed by atoms with E-state index in [0.29, 0.717) is 0 Å². The van der Waals surface area contributed by atoms with E-state index in [4.69, 9.17) is 15.9 Å². The first kappa shape index (κ1) is 11.9. The van der Waals surface area contributed by atoms with Crippen molar-refractivity contribution in [2.24, 2.45) is 5.73 Å². The van der Waals surface area contributed by atoms with Crippen molar-refractivity contribution in [1.82, 2.24) is 0 Å². The Kier molecular flexibility index (Phi) is 5.98. The van der Waals surface area contributed by atoms with Gasteiger partial charge in [-0.2, -0.15) is 0 Å². The predicted molar refractivity (Wildman–Crippen MR) is 35.1 cm³/mol. The number of hydrogen-bond acceptors (Lipinski definition) is 3. The number of aliphatic carboxylic acids is 2. The lowest BCUT2D eigenvalue weighted by molar-refractivity contribution is -0.144. The van der Waals surface area contributed by atoms with Crippen molar-refractivity contribution in [1.29, 1.82) is 0 Å². The fourth-order valence-corrected chi connectivity index (χ4v) is 0.275. The molecule has 0 aliphatic heterocycles. The average molecular weight is 172 g/mol. The van der Waals surface area contributed by atoms with E-state index in [-0.39, 0.29) is 12.4 Å². The summed E-state index contributed by atoms with van der Waals surface area (Å²) in [5, 5.41) is 16.0. The van der Waals surface area contributed by atoms with Crippen LogP contribution in [0.4, 0.5) is 0 Å². The van der Waals surface area contributed by atoms with E-state index < -0.39 is 24.4 Å². The molecule has 1 atom stereocenters. The number of halogens is 1. The van der Waals surface area contributed by atoms with E-state index >= 15 is 0 Å². The molecule has 1 unspecified atom stereocenters. The van der Waals surface area contributed by atoms with Gasteiger partial charge in [0.25, 0.3) is 0 Å². The fourth-order valence-electron chi connectivity index (χ4n) is 0.275. The van der Waals surface area contributed by atoms with Crippen molar-refractivity contribution in [3.05, 3.63) is 0 Å². The first-order valence-corrected chi connectivity index (χ1v) is 2.24. The topological polar surface area (TPSA) is 101 Å². The van der Waals surface area contributed by atoms with Crippen LogP contribution in [-0.2, 0) is 9.59 Å². The van der Waals surface area contributed by atoms with Crippen molar-refractivity contribution in [3.63, 3.8) is 0 Å². The molecule has 0 saturated heterocycles. The second-order valence-corrected chi connectivity index (χ2v) is 1.54. The van der Waals surface area contributed by atoms with E-state index in [1.165, 1.54) is 0 Å². The summed E-state index contributed by atoms with van der Waals surface area (Å²) in [5.74, 6) is -2.50. The third-order valence-electron chi connectivity index (χ3n) is 0.712. The standard InChI is InChI=1S/C4H7NO4.ClH/c5-2(4(8)9)1-3(6)7;/h2H,1,5H2,(H,6,7)(H,8,9);1H/i4+1,5+1;. The van der Waals surface area contributed by atoms with Gasteiger partial charge in [-0.15, -0.1) is 12.4 Å². The molecule has 0 bridgehead atoms. The van der Waals surface area contributed by atoms with Gasteiger partial charge < -0.3 is 15.9 Å². The third kappa shape index (κ3) is 5.33. The van der Waals surface area contributed by atoms with Crippen molar-refractivity contribution in [3.8, 4) is 0 Å². The van der Waals surface area contributed by atoms with Gasteiger partial charge in [0.05, 0.1) is 6.42 Å². The minimum absolute atomic E-state index is 0. The molecule has 10 heavy (non-hydrogen) atoms. The van der Waals surface area contributed by atoms with Crippen LogP contribution in [0.3, 0.4) is 0 Å². The Hall–Kier alpha value is -0.810. The van der Waals surface area contributed by atoms with Gasteiger partial charge in [0.2, 0.25) is 0 Å². The molecule has 4 N–H and O–H groups in total. The van der Waals surface area contributed by atoms with E-state index in [0.717, 1.165) is 0 Å². The van der Waals surface area contributed by atoms with Gasteiger partial charge in [0.15, 0.2) is 0 Å². The fraction of sp³-hybridized carbons (Fsp3) is 0.500. The smallest absolute Gasteiger partial charge is 0.321 e. The van der Waals surface area contributed by atoms with Crippen molar-refractivity contribution in [2.75, 3.05) is 0 Å². The Morgan fingerprint density at radius 3 is 1.90 bits per heavy atom. The Morgan fingerprint density at radius 2 is 1.80 bits per heavy atom. The van der Waals surface area contributed by atoms with Crippen LogP contribution in [-0.4, -0.2) is 28.2 Å². The molecule has 0 spiro atoms. The lowest BCUT2D eigenvalue weighted by Crippen LogP contribution is -2.32. The SMILES string of the molecule is Cl.[15NH2]C(CC(=O)O)[13C](=O)O. The van der Waals surface area contributed by atoms with Crippen LogP contribution in [0.25, 0.3) is 0 Å². The second kappa shape index (κ2) is 5.01. The summed E-state index contributed by atoms with van der Waals surface area (Å²) >= 11 is 0. The number of nitrogens with two attached hydrogens (primary N) is 1. The van der Waals surface area contributed by atoms with Crippen LogP contribution < -0.4 is 5.73 Å². The maximum Gasteiger partial charge on any atom is 0.321 e. The van der Waals surface area contributed by atoms with Gasteiger partial charge in [-0.25, -0.2) is 0 Å². The van der Waals surface area contributed by atoms with Crippen LogP contribution in [0.1, 0.15) is 6.42 Å². The summed E-state index contributed by atoms with van der Waals surface area (Å²) in [5.41, 5.74) is 4.84. The largest absolute Gasteiger partial charge is 0.481 e. The molecule has 60 valence electrons. The first-order chi connectivity index (χ1) is 4.04. The van der Waals surface area contributed by atoms with Gasteiger partial charge in [0.1, 0.15) is 6.04 Å². The van der Waals surface area contributed by atoms with E-state index in [2.05, 4.69) is 0 Å². The van der Waals surface area contributed by atoms with Crippen LogP contribution in [0.2, 0.25) is 0 Å². The number of hydrogen-bond donors (Lipinski definition) is 3. The van der Waals surface area contributed by atoms with E-state index in [9.17, 15) is 9.59 Å². The monoisotopic (exact) mass is 171 g/mol. The molecule has 0 heterocycles. The lowest BCUT2D eigenvalue weighted by Gasteiger charge is -1.99. The third-order valence-corrected chi connectivity index (χ3v) is 0.712. The molecule has 0 aromatic carbocycles. The molecule has 6 heteroatoms. The first-order valence-electron chi connectivity index (χ1n) is 2.24. The number of carboxylic acid groups (broad SMARTS) is 2. The Balaban J connectivity index is 0. The second-order valence-electron chi connectivity index (χ2n) is 1.54.